The smallest absolute Gasteiger partial charge is 0.316 e. The molecule has 1 fully saturated rings. The molecule has 0 atom stereocenters. The van der Waals surface area contributed by atoms with E-state index in [1.54, 1.807) is 24.5 Å². The fourth-order valence-corrected chi connectivity index (χ4v) is 2.53. The maximum atomic E-state index is 13.4. The van der Waals surface area contributed by atoms with Gasteiger partial charge in [0.15, 0.2) is 0 Å². The zero-order chi connectivity index (χ0) is 19.2. The lowest BCUT2D eigenvalue weighted by Gasteiger charge is -2.34. The van der Waals surface area contributed by atoms with Crippen LogP contribution in [-0.4, -0.2) is 29.7 Å². The van der Waals surface area contributed by atoms with E-state index in [-0.39, 0.29) is 23.9 Å². The summed E-state index contributed by atoms with van der Waals surface area (Å²) in [5, 5.41) is 6.26. The van der Waals surface area contributed by atoms with Gasteiger partial charge in [-0.15, -0.1) is 0 Å². The Morgan fingerprint density at radius 1 is 1.37 bits per heavy atom. The van der Waals surface area contributed by atoms with E-state index >= 15 is 0 Å². The van der Waals surface area contributed by atoms with Gasteiger partial charge in [-0.2, -0.15) is 5.11 Å². The second-order valence-electron chi connectivity index (χ2n) is 6.14. The molecule has 0 aliphatic carbocycles. The molecule has 2 N–H and O–H groups in total. The number of hydrogen-bond donors (Lipinski definition) is 2. The Bertz CT molecular complexity index is 821. The minimum absolute atomic E-state index is 0.0123. The van der Waals surface area contributed by atoms with Crippen molar-refractivity contribution in [2.24, 2.45) is 5.11 Å². The zero-order valence-electron chi connectivity index (χ0n) is 14.8. The number of anilines is 2. The number of aromatic nitrogens is 2. The minimum Gasteiger partial charge on any atom is -0.457 e. The quantitative estimate of drug-likeness (QED) is 0.673. The van der Waals surface area contributed by atoms with Crippen LogP contribution in [0.1, 0.15) is 24.0 Å². The van der Waals surface area contributed by atoms with Crippen LogP contribution in [0.5, 0.6) is 6.01 Å². The third kappa shape index (κ3) is 4.75. The number of nitrogens with zero attached hydrogens (tertiary/aromatic N) is 4. The summed E-state index contributed by atoms with van der Waals surface area (Å²) in [4.78, 5) is 9.94. The van der Waals surface area contributed by atoms with Crippen LogP contribution in [0.25, 0.3) is 0 Å². The molecule has 27 heavy (non-hydrogen) atoms. The molecule has 1 aliphatic rings. The maximum absolute atomic E-state index is 13.4. The molecule has 1 aromatic heterocycles. The topological polar surface area (TPSA) is 86.5 Å². The number of aryl methyl sites for hydroxylation is 1. The van der Waals surface area contributed by atoms with Crippen LogP contribution >= 0.6 is 0 Å². The standard InChI is InChI=1S/C18H20F2N6O/c1-12-8-23-18(24-9-12)27-11-14(25-21)10-22-13-3-4-16(26-5-2-6-26)15(7-13)17(19)20/h3-4,7-10,17,21-22H,2,5-6,11H2,1H3/b14-10-,25-21?. The predicted octanol–water partition coefficient (Wildman–Crippen LogP) is 4.30. The lowest BCUT2D eigenvalue weighted by atomic mass is 10.1. The van der Waals surface area contributed by atoms with Crippen molar-refractivity contribution >= 4 is 11.4 Å². The third-order valence-corrected chi connectivity index (χ3v) is 4.11. The van der Waals surface area contributed by atoms with Gasteiger partial charge in [-0.25, -0.2) is 24.3 Å². The highest BCUT2D eigenvalue weighted by Crippen LogP contribution is 2.34. The van der Waals surface area contributed by atoms with E-state index in [1.165, 1.54) is 12.3 Å². The molecule has 0 unspecified atom stereocenters. The Balaban J connectivity index is 1.66. The highest BCUT2D eigenvalue weighted by Gasteiger charge is 2.22. The van der Waals surface area contributed by atoms with Gasteiger partial charge in [0.25, 0.3) is 6.43 Å². The van der Waals surface area contributed by atoms with E-state index in [9.17, 15) is 8.78 Å². The SMILES string of the molecule is Cc1cnc(OC/C(=C/Nc2ccc(N3CCC3)c(C(F)F)c2)N=N)nc1. The molecule has 0 radical (unpaired) electrons. The molecule has 1 aromatic carbocycles. The summed E-state index contributed by atoms with van der Waals surface area (Å²) < 4.78 is 32.1. The molecular formula is C18H20F2N6O. The van der Waals surface area contributed by atoms with Crippen LogP contribution in [0.3, 0.4) is 0 Å². The van der Waals surface area contributed by atoms with Crippen LogP contribution in [0.2, 0.25) is 0 Å². The second-order valence-corrected chi connectivity index (χ2v) is 6.14. The van der Waals surface area contributed by atoms with E-state index in [0.717, 1.165) is 25.1 Å². The summed E-state index contributed by atoms with van der Waals surface area (Å²) in [6.45, 7) is 3.44. The Morgan fingerprint density at radius 2 is 2.11 bits per heavy atom. The molecule has 0 bridgehead atoms. The molecule has 3 rings (SSSR count). The van der Waals surface area contributed by atoms with Gasteiger partial charge < -0.3 is 15.0 Å². The highest BCUT2D eigenvalue weighted by atomic mass is 19.3. The van der Waals surface area contributed by atoms with Crippen LogP contribution in [0, 0.1) is 12.5 Å². The van der Waals surface area contributed by atoms with E-state index in [0.29, 0.717) is 11.4 Å². The van der Waals surface area contributed by atoms with Gasteiger partial charge in [0.05, 0.1) is 0 Å². The molecule has 9 heteroatoms. The molecule has 2 heterocycles. The number of halogens is 2. The summed E-state index contributed by atoms with van der Waals surface area (Å²) >= 11 is 0. The van der Waals surface area contributed by atoms with Gasteiger partial charge in [-0.1, -0.05) is 0 Å². The van der Waals surface area contributed by atoms with Gasteiger partial charge in [-0.3, -0.25) is 0 Å². The number of benzene rings is 1. The predicted molar refractivity (Wildman–Crippen MR) is 97.3 cm³/mol. The largest absolute Gasteiger partial charge is 0.457 e. The summed E-state index contributed by atoms with van der Waals surface area (Å²) in [7, 11) is 0. The molecule has 2 aromatic rings. The van der Waals surface area contributed by atoms with Crippen LogP contribution in [0.15, 0.2) is 47.6 Å². The number of nitrogens with one attached hydrogen (secondary N) is 2. The first-order chi connectivity index (χ1) is 13.1. The Hall–Kier alpha value is -3.10. The number of alkyl halides is 2. The fraction of sp³-hybridized carbons (Fsp3) is 0.333. The average Bonchev–Trinajstić information content (AvgIpc) is 2.62. The summed E-state index contributed by atoms with van der Waals surface area (Å²) in [6, 6.07) is 5.00. The van der Waals surface area contributed by atoms with Crippen molar-refractivity contribution in [3.63, 3.8) is 0 Å². The summed E-state index contributed by atoms with van der Waals surface area (Å²) in [5.74, 6) is 0. The van der Waals surface area contributed by atoms with E-state index in [1.807, 2.05) is 11.8 Å². The molecule has 0 amide bonds. The molecule has 0 spiro atoms. The van der Waals surface area contributed by atoms with Crippen molar-refractivity contribution in [1.82, 2.24) is 9.97 Å². The molecule has 142 valence electrons. The lowest BCUT2D eigenvalue weighted by Crippen LogP contribution is -2.37. The van der Waals surface area contributed by atoms with Crippen LogP contribution < -0.4 is 15.0 Å². The van der Waals surface area contributed by atoms with Crippen molar-refractivity contribution in [1.29, 1.82) is 5.53 Å². The average molecular weight is 374 g/mol. The molecule has 0 saturated carbocycles. The molecular weight excluding hydrogens is 354 g/mol. The fourth-order valence-electron chi connectivity index (χ4n) is 2.53. The van der Waals surface area contributed by atoms with Gasteiger partial charge in [0.2, 0.25) is 0 Å². The van der Waals surface area contributed by atoms with Gasteiger partial charge in [0.1, 0.15) is 12.3 Å². The normalized spacial score (nSPS) is 14.1. The molecule has 1 aliphatic heterocycles. The monoisotopic (exact) mass is 374 g/mol. The van der Waals surface area contributed by atoms with Crippen molar-refractivity contribution < 1.29 is 13.5 Å². The Kier molecular flexibility index (Phi) is 5.90. The first-order valence-corrected chi connectivity index (χ1v) is 8.48. The Morgan fingerprint density at radius 3 is 2.70 bits per heavy atom. The van der Waals surface area contributed by atoms with Gasteiger partial charge in [0, 0.05) is 48.6 Å². The van der Waals surface area contributed by atoms with E-state index in [2.05, 4.69) is 20.4 Å². The van der Waals surface area contributed by atoms with Gasteiger partial charge in [-0.05, 0) is 37.1 Å². The van der Waals surface area contributed by atoms with Gasteiger partial charge >= 0.3 is 6.01 Å². The van der Waals surface area contributed by atoms with Crippen molar-refractivity contribution in [2.75, 3.05) is 29.9 Å². The maximum Gasteiger partial charge on any atom is 0.316 e. The molecule has 7 nitrogen and oxygen atoms in total. The Labute approximate surface area is 155 Å². The van der Waals surface area contributed by atoms with Crippen molar-refractivity contribution in [3.8, 4) is 6.01 Å². The number of rotatable bonds is 8. The number of ether oxygens (including phenoxy) is 1. The second kappa shape index (κ2) is 8.52. The lowest BCUT2D eigenvalue weighted by molar-refractivity contribution is 0.151. The van der Waals surface area contributed by atoms with Crippen LogP contribution in [-0.2, 0) is 0 Å². The van der Waals surface area contributed by atoms with E-state index < -0.39 is 6.43 Å². The van der Waals surface area contributed by atoms with Crippen LogP contribution in [0.4, 0.5) is 20.2 Å². The van der Waals surface area contributed by atoms with Crippen molar-refractivity contribution in [2.45, 2.75) is 19.8 Å². The molecule has 1 saturated heterocycles. The third-order valence-electron chi connectivity index (χ3n) is 4.11. The zero-order valence-corrected chi connectivity index (χ0v) is 14.8. The minimum atomic E-state index is -2.56. The van der Waals surface area contributed by atoms with E-state index in [4.69, 9.17) is 10.3 Å². The summed E-state index contributed by atoms with van der Waals surface area (Å²) in [5.41, 5.74) is 9.44. The number of hydrogen-bond acceptors (Lipinski definition) is 7. The first-order valence-electron chi connectivity index (χ1n) is 8.48. The summed E-state index contributed by atoms with van der Waals surface area (Å²) in [6.07, 6.45) is 3.13. The first kappa shape index (κ1) is 18.7. The highest BCUT2D eigenvalue weighted by molar-refractivity contribution is 5.63. The van der Waals surface area contributed by atoms with Crippen molar-refractivity contribution in [3.05, 3.63) is 53.6 Å².